The van der Waals surface area contributed by atoms with Crippen molar-refractivity contribution in [3.05, 3.63) is 40.4 Å². The van der Waals surface area contributed by atoms with Gasteiger partial charge in [0.2, 0.25) is 0 Å². The zero-order valence-electron chi connectivity index (χ0n) is 18.8. The molecule has 9 nitrogen and oxygen atoms in total. The molecule has 1 aromatic carbocycles. The van der Waals surface area contributed by atoms with E-state index in [1.165, 1.54) is 17.8 Å². The maximum absolute atomic E-state index is 12.9. The van der Waals surface area contributed by atoms with Crippen LogP contribution in [0.4, 0.5) is 5.13 Å². The number of carbonyl (C=O) groups is 2. The number of anilines is 1. The number of carboxylic acid groups (broad SMARTS) is 1. The quantitative estimate of drug-likeness (QED) is 0.390. The van der Waals surface area contributed by atoms with E-state index in [2.05, 4.69) is 25.5 Å². The summed E-state index contributed by atoms with van der Waals surface area (Å²) in [6, 6.07) is 5.59. The van der Waals surface area contributed by atoms with Crippen LogP contribution in [0.15, 0.2) is 18.2 Å². The highest BCUT2D eigenvalue weighted by molar-refractivity contribution is 7.22. The normalized spacial score (nSPS) is 20.9. The summed E-state index contributed by atoms with van der Waals surface area (Å²) in [5, 5.41) is 17.5. The van der Waals surface area contributed by atoms with Crippen molar-refractivity contribution in [1.82, 2.24) is 25.6 Å². The minimum Gasteiger partial charge on any atom is -0.478 e. The number of aromatic amines is 1. The fourth-order valence-electron chi connectivity index (χ4n) is 4.55. The maximum Gasteiger partial charge on any atom is 0.337 e. The minimum atomic E-state index is -0.948. The average molecular weight is 503 g/mol. The van der Waals surface area contributed by atoms with Crippen LogP contribution in [0.1, 0.15) is 59.3 Å². The molecular weight excluding hydrogens is 476 g/mol. The predicted molar refractivity (Wildman–Crippen MR) is 132 cm³/mol. The number of aryl methyl sites for hydroxylation is 1. The van der Waals surface area contributed by atoms with Gasteiger partial charge >= 0.3 is 5.97 Å². The number of amides is 1. The highest BCUT2D eigenvalue weighted by atomic mass is 35.5. The second-order valence-corrected chi connectivity index (χ2v) is 10.2. The largest absolute Gasteiger partial charge is 0.478 e. The number of rotatable bonds is 7. The van der Waals surface area contributed by atoms with Gasteiger partial charge in [0.05, 0.1) is 21.5 Å². The predicted octanol–water partition coefficient (Wildman–Crippen LogP) is 3.45. The van der Waals surface area contributed by atoms with Crippen molar-refractivity contribution in [3.63, 3.8) is 0 Å². The Kier molecular flexibility index (Phi) is 6.46. The number of carbonyl (C=O) groups excluding carboxylic acids is 1. The lowest BCUT2D eigenvalue weighted by molar-refractivity contribution is 0.0699. The van der Waals surface area contributed by atoms with E-state index in [9.17, 15) is 14.7 Å². The van der Waals surface area contributed by atoms with Crippen LogP contribution >= 0.6 is 22.9 Å². The smallest absolute Gasteiger partial charge is 0.337 e. The van der Waals surface area contributed by atoms with Crippen molar-refractivity contribution in [2.24, 2.45) is 0 Å². The Balaban J connectivity index is 1.34. The number of aromatic nitrogens is 3. The van der Waals surface area contributed by atoms with E-state index >= 15 is 0 Å². The number of piperidine rings is 1. The fourth-order valence-corrected chi connectivity index (χ4v) is 5.92. The van der Waals surface area contributed by atoms with Gasteiger partial charge in [-0.2, -0.15) is 0 Å². The van der Waals surface area contributed by atoms with Crippen LogP contribution < -0.4 is 15.5 Å². The first-order valence-electron chi connectivity index (χ1n) is 11.6. The Morgan fingerprint density at radius 1 is 1.26 bits per heavy atom. The SMILES string of the molecule is CCc1[nH]c(C(=O)NC2CCN(c3nc4cccc(C(=O)O)c4s3)CC2NC2CCC2)nc1Cl. The topological polar surface area (TPSA) is 123 Å². The Labute approximate surface area is 205 Å². The van der Waals surface area contributed by atoms with Gasteiger partial charge < -0.3 is 25.6 Å². The molecule has 0 spiro atoms. The zero-order valence-corrected chi connectivity index (χ0v) is 20.4. The molecule has 0 bridgehead atoms. The van der Waals surface area contributed by atoms with Gasteiger partial charge in [-0.3, -0.25) is 4.79 Å². The number of carboxylic acids is 1. The highest BCUT2D eigenvalue weighted by Gasteiger charge is 2.35. The molecule has 1 saturated carbocycles. The minimum absolute atomic E-state index is 0.0324. The third kappa shape index (κ3) is 4.49. The standard InChI is InChI=1S/C23H27ClN6O3S/c1-2-14-19(24)29-20(26-14)21(31)27-15-9-10-30(11-17(15)25-12-5-3-6-12)23-28-16-8-4-7-13(22(32)33)18(16)34-23/h4,7-8,12,15,17,25H,2-3,5-6,9-11H2,1H3,(H,26,29)(H,27,31)(H,32,33). The number of nitrogens with one attached hydrogen (secondary N) is 3. The third-order valence-corrected chi connectivity index (χ3v) is 8.16. The maximum atomic E-state index is 12.9. The van der Waals surface area contributed by atoms with Crippen LogP contribution in [0, 0.1) is 0 Å². The summed E-state index contributed by atoms with van der Waals surface area (Å²) in [5.41, 5.74) is 1.72. The van der Waals surface area contributed by atoms with Gasteiger partial charge in [0.1, 0.15) is 0 Å². The molecule has 1 aliphatic heterocycles. The number of hydrogen-bond acceptors (Lipinski definition) is 7. The average Bonchev–Trinajstić information content (AvgIpc) is 3.40. The number of benzene rings is 1. The molecule has 2 fully saturated rings. The lowest BCUT2D eigenvalue weighted by Crippen LogP contribution is -2.62. The summed E-state index contributed by atoms with van der Waals surface area (Å²) in [4.78, 5) is 38.6. The van der Waals surface area contributed by atoms with Crippen LogP contribution in [0.5, 0.6) is 0 Å². The number of halogens is 1. The van der Waals surface area contributed by atoms with E-state index in [4.69, 9.17) is 16.6 Å². The zero-order chi connectivity index (χ0) is 23.8. The Bertz CT molecular complexity index is 1220. The second kappa shape index (κ2) is 9.52. The molecule has 2 atom stereocenters. The van der Waals surface area contributed by atoms with Gasteiger partial charge in [-0.05, 0) is 37.8 Å². The van der Waals surface area contributed by atoms with Crippen molar-refractivity contribution >= 4 is 50.2 Å². The number of imidazole rings is 1. The molecule has 2 unspecified atom stereocenters. The second-order valence-electron chi connectivity index (χ2n) is 8.88. The molecule has 34 heavy (non-hydrogen) atoms. The van der Waals surface area contributed by atoms with Crippen molar-refractivity contribution < 1.29 is 14.7 Å². The number of thiazole rings is 1. The van der Waals surface area contributed by atoms with E-state index < -0.39 is 5.97 Å². The van der Waals surface area contributed by atoms with E-state index in [0.29, 0.717) is 40.9 Å². The number of fused-ring (bicyclic) bond motifs is 1. The van der Waals surface area contributed by atoms with Crippen LogP contribution in [0.25, 0.3) is 10.2 Å². The number of aromatic carboxylic acids is 1. The van der Waals surface area contributed by atoms with Crippen LogP contribution in [0.2, 0.25) is 5.15 Å². The van der Waals surface area contributed by atoms with Gasteiger partial charge in [0.15, 0.2) is 16.1 Å². The number of hydrogen-bond donors (Lipinski definition) is 4. The van der Waals surface area contributed by atoms with E-state index in [-0.39, 0.29) is 29.4 Å². The van der Waals surface area contributed by atoms with Crippen LogP contribution in [-0.4, -0.2) is 63.1 Å². The molecule has 1 aliphatic carbocycles. The summed E-state index contributed by atoms with van der Waals surface area (Å²) >= 11 is 7.53. The fraction of sp³-hybridized carbons (Fsp3) is 0.478. The first-order valence-corrected chi connectivity index (χ1v) is 12.8. The molecular formula is C23H27ClN6O3S. The highest BCUT2D eigenvalue weighted by Crippen LogP contribution is 2.33. The van der Waals surface area contributed by atoms with Crippen molar-refractivity contribution in [3.8, 4) is 0 Å². The monoisotopic (exact) mass is 502 g/mol. The molecule has 5 rings (SSSR count). The van der Waals surface area contributed by atoms with Crippen molar-refractivity contribution in [2.75, 3.05) is 18.0 Å². The van der Waals surface area contributed by atoms with Gasteiger partial charge in [-0.1, -0.05) is 42.3 Å². The summed E-state index contributed by atoms with van der Waals surface area (Å²) < 4.78 is 0.686. The Morgan fingerprint density at radius 3 is 2.76 bits per heavy atom. The Morgan fingerprint density at radius 2 is 2.09 bits per heavy atom. The van der Waals surface area contributed by atoms with Crippen molar-refractivity contribution in [1.29, 1.82) is 0 Å². The lowest BCUT2D eigenvalue weighted by Gasteiger charge is -2.42. The first kappa shape index (κ1) is 23.1. The molecule has 2 aliphatic rings. The number of H-pyrrole nitrogens is 1. The van der Waals surface area contributed by atoms with Gasteiger partial charge in [-0.15, -0.1) is 0 Å². The van der Waals surface area contributed by atoms with Gasteiger partial charge in [-0.25, -0.2) is 14.8 Å². The molecule has 180 valence electrons. The molecule has 1 amide bonds. The third-order valence-electron chi connectivity index (χ3n) is 6.69. The van der Waals surface area contributed by atoms with E-state index in [1.807, 2.05) is 13.0 Å². The van der Waals surface area contributed by atoms with Crippen LogP contribution in [-0.2, 0) is 6.42 Å². The van der Waals surface area contributed by atoms with Crippen molar-refractivity contribution in [2.45, 2.75) is 57.2 Å². The molecule has 4 N–H and O–H groups in total. The molecule has 0 radical (unpaired) electrons. The number of nitrogens with zero attached hydrogens (tertiary/aromatic N) is 3. The molecule has 11 heteroatoms. The summed E-state index contributed by atoms with van der Waals surface area (Å²) in [5.74, 6) is -0.971. The summed E-state index contributed by atoms with van der Waals surface area (Å²) in [6.45, 7) is 3.33. The van der Waals surface area contributed by atoms with Gasteiger partial charge in [0, 0.05) is 31.2 Å². The van der Waals surface area contributed by atoms with E-state index in [1.54, 1.807) is 12.1 Å². The first-order chi connectivity index (χ1) is 16.4. The van der Waals surface area contributed by atoms with Crippen LogP contribution in [0.3, 0.4) is 0 Å². The Hall–Kier alpha value is -2.69. The summed E-state index contributed by atoms with van der Waals surface area (Å²) in [7, 11) is 0. The molecule has 1 saturated heterocycles. The molecule has 3 heterocycles. The van der Waals surface area contributed by atoms with E-state index in [0.717, 1.165) is 30.1 Å². The lowest BCUT2D eigenvalue weighted by atomic mass is 9.90. The summed E-state index contributed by atoms with van der Waals surface area (Å²) in [6.07, 6.45) is 4.88. The molecule has 3 aromatic rings. The molecule has 2 aromatic heterocycles. The van der Waals surface area contributed by atoms with Gasteiger partial charge in [0.25, 0.3) is 5.91 Å².